The largest absolute Gasteiger partial charge is 0.350 e. The van der Waals surface area contributed by atoms with Crippen molar-refractivity contribution in [2.45, 2.75) is 124 Å². The first kappa shape index (κ1) is 27.1. The molecule has 0 aliphatic carbocycles. The number of hydrogen-bond acceptors (Lipinski definition) is 2. The zero-order chi connectivity index (χ0) is 21.9. The summed E-state index contributed by atoms with van der Waals surface area (Å²) in [7, 11) is 0. The molecule has 1 unspecified atom stereocenters. The summed E-state index contributed by atoms with van der Waals surface area (Å²) in [6, 6.07) is 0. The molecular weight excluding hydrogens is 370 g/mol. The van der Waals surface area contributed by atoms with E-state index in [1.807, 2.05) is 0 Å². The molecule has 0 aromatic heterocycles. The van der Waals surface area contributed by atoms with Crippen molar-refractivity contribution >= 4 is 11.7 Å². The first-order valence-corrected chi connectivity index (χ1v) is 13.3. The van der Waals surface area contributed by atoms with Gasteiger partial charge >= 0.3 is 0 Å². The zero-order valence-corrected chi connectivity index (χ0v) is 20.7. The smallest absolute Gasteiger partial charge is 0.220 e. The fourth-order valence-electron chi connectivity index (χ4n) is 4.69. The molecule has 1 amide bonds. The van der Waals surface area contributed by atoms with Crippen LogP contribution in [0.5, 0.6) is 0 Å². The summed E-state index contributed by atoms with van der Waals surface area (Å²) in [5.74, 6) is 1.46. The fourth-order valence-corrected chi connectivity index (χ4v) is 4.69. The summed E-state index contributed by atoms with van der Waals surface area (Å²) in [5, 5.41) is 3.13. The van der Waals surface area contributed by atoms with Crippen LogP contribution in [-0.2, 0) is 4.79 Å². The van der Waals surface area contributed by atoms with Gasteiger partial charge in [-0.3, -0.25) is 9.28 Å². The summed E-state index contributed by atoms with van der Waals surface area (Å²) >= 11 is 0. The van der Waals surface area contributed by atoms with Crippen LogP contribution in [0.4, 0.5) is 0 Å². The topological polar surface area (TPSA) is 41.5 Å². The predicted molar refractivity (Wildman–Crippen MR) is 131 cm³/mol. The summed E-state index contributed by atoms with van der Waals surface area (Å²) in [6.45, 7) is 11.5. The first-order valence-electron chi connectivity index (χ1n) is 13.3. The number of nitrogens with zero attached hydrogens (tertiary/aromatic N) is 2. The molecule has 0 fully saturated rings. The van der Waals surface area contributed by atoms with E-state index in [0.29, 0.717) is 6.42 Å². The summed E-state index contributed by atoms with van der Waals surface area (Å²) in [5.41, 5.74) is 0. The molecule has 176 valence electrons. The lowest BCUT2D eigenvalue weighted by Crippen LogP contribution is -2.53. The molecule has 4 nitrogen and oxygen atoms in total. The SMILES string of the molecule is CCCCCCCCCCCCCCCCCC(=O)NCC[N+]1(CC)CCN=C1C. The fraction of sp³-hybridized carbons (Fsp3) is 0.923. The number of nitrogens with one attached hydrogen (secondary N) is 1. The Morgan fingerprint density at radius 2 is 1.33 bits per heavy atom. The number of rotatable bonds is 20. The molecule has 4 heteroatoms. The molecule has 1 atom stereocenters. The van der Waals surface area contributed by atoms with Crippen LogP contribution in [0, 0.1) is 0 Å². The van der Waals surface area contributed by atoms with Gasteiger partial charge in [0.2, 0.25) is 5.91 Å². The molecule has 0 saturated carbocycles. The van der Waals surface area contributed by atoms with Gasteiger partial charge in [-0.05, 0) is 13.3 Å². The lowest BCUT2D eigenvalue weighted by molar-refractivity contribution is -0.832. The van der Waals surface area contributed by atoms with Gasteiger partial charge in [0.25, 0.3) is 0 Å². The molecule has 0 radical (unpaired) electrons. The first-order chi connectivity index (χ1) is 14.6. The van der Waals surface area contributed by atoms with Crippen LogP contribution in [0.2, 0.25) is 0 Å². The highest BCUT2D eigenvalue weighted by molar-refractivity contribution is 5.76. The summed E-state index contributed by atoms with van der Waals surface area (Å²) < 4.78 is 0.958. The van der Waals surface area contributed by atoms with Crippen LogP contribution in [0.25, 0.3) is 0 Å². The second-order valence-corrected chi connectivity index (χ2v) is 9.39. The standard InChI is InChI=1S/C26H51N3O/c1-4-6-7-8-9-10-11-12-13-14-15-16-17-18-19-20-26(30)28-22-24-29(5-2)23-21-27-25(29)3/h4-24H2,1-3H3/p+1. The third-order valence-corrected chi connectivity index (χ3v) is 7.03. The van der Waals surface area contributed by atoms with Gasteiger partial charge in [-0.15, -0.1) is 0 Å². The Labute approximate surface area is 187 Å². The minimum atomic E-state index is 0.229. The van der Waals surface area contributed by atoms with Crippen molar-refractivity contribution in [3.63, 3.8) is 0 Å². The van der Waals surface area contributed by atoms with Crippen molar-refractivity contribution in [1.29, 1.82) is 0 Å². The quantitative estimate of drug-likeness (QED) is 0.173. The highest BCUT2D eigenvalue weighted by atomic mass is 16.1. The van der Waals surface area contributed by atoms with Crippen molar-refractivity contribution < 1.29 is 9.28 Å². The van der Waals surface area contributed by atoms with Crippen molar-refractivity contribution in [2.75, 3.05) is 32.7 Å². The van der Waals surface area contributed by atoms with E-state index in [0.717, 1.165) is 43.6 Å². The molecular formula is C26H52N3O+. The summed E-state index contributed by atoms with van der Waals surface area (Å²) in [4.78, 5) is 16.6. The maximum absolute atomic E-state index is 12.1. The predicted octanol–water partition coefficient (Wildman–Crippen LogP) is 6.63. The van der Waals surface area contributed by atoms with E-state index in [1.54, 1.807) is 0 Å². The molecule has 1 aliphatic heterocycles. The molecule has 1 rings (SSSR count). The van der Waals surface area contributed by atoms with Crippen molar-refractivity contribution in [2.24, 2.45) is 4.99 Å². The minimum Gasteiger partial charge on any atom is -0.350 e. The van der Waals surface area contributed by atoms with Gasteiger partial charge in [0, 0.05) is 13.3 Å². The Bertz CT molecular complexity index is 463. The third-order valence-electron chi connectivity index (χ3n) is 7.03. The number of hydrogen-bond donors (Lipinski definition) is 1. The molecule has 30 heavy (non-hydrogen) atoms. The average molecular weight is 423 g/mol. The summed E-state index contributed by atoms with van der Waals surface area (Å²) in [6.07, 6.45) is 21.1. The van der Waals surface area contributed by atoms with Gasteiger partial charge in [0.1, 0.15) is 13.1 Å². The number of amidine groups is 1. The van der Waals surface area contributed by atoms with Crippen LogP contribution < -0.4 is 5.32 Å². The highest BCUT2D eigenvalue weighted by Gasteiger charge is 2.32. The zero-order valence-electron chi connectivity index (χ0n) is 20.7. The van der Waals surface area contributed by atoms with Crippen molar-refractivity contribution in [1.82, 2.24) is 5.32 Å². The van der Waals surface area contributed by atoms with Crippen LogP contribution in [0.1, 0.15) is 124 Å². The van der Waals surface area contributed by atoms with E-state index in [1.165, 1.54) is 95.7 Å². The van der Waals surface area contributed by atoms with E-state index in [-0.39, 0.29) is 5.91 Å². The molecule has 0 bridgehead atoms. The van der Waals surface area contributed by atoms with Gasteiger partial charge in [0.15, 0.2) is 5.84 Å². The van der Waals surface area contributed by atoms with E-state index in [4.69, 9.17) is 0 Å². The van der Waals surface area contributed by atoms with Crippen molar-refractivity contribution in [3.05, 3.63) is 0 Å². The third kappa shape index (κ3) is 12.1. The normalized spacial score (nSPS) is 18.6. The number of amides is 1. The molecule has 1 heterocycles. The Balaban J connectivity index is 1.83. The Kier molecular flexibility index (Phi) is 16.1. The number of likely N-dealkylation sites (N-methyl/N-ethyl adjacent to an activating group) is 1. The van der Waals surface area contributed by atoms with E-state index < -0.39 is 0 Å². The Hall–Kier alpha value is -0.900. The number of quaternary nitrogens is 1. The number of carbonyl (C=O) groups is 1. The minimum absolute atomic E-state index is 0.229. The Morgan fingerprint density at radius 1 is 0.833 bits per heavy atom. The number of aliphatic imine (C=N–C) groups is 1. The Morgan fingerprint density at radius 3 is 1.77 bits per heavy atom. The second kappa shape index (κ2) is 17.7. The molecule has 0 saturated heterocycles. The van der Waals surface area contributed by atoms with Crippen LogP contribution in [0.3, 0.4) is 0 Å². The lowest BCUT2D eigenvalue weighted by atomic mass is 10.0. The van der Waals surface area contributed by atoms with Crippen LogP contribution in [0.15, 0.2) is 4.99 Å². The van der Waals surface area contributed by atoms with Gasteiger partial charge in [-0.1, -0.05) is 96.8 Å². The highest BCUT2D eigenvalue weighted by Crippen LogP contribution is 2.15. The van der Waals surface area contributed by atoms with Gasteiger partial charge < -0.3 is 5.32 Å². The number of carbonyl (C=O) groups excluding carboxylic acids is 1. The van der Waals surface area contributed by atoms with Gasteiger partial charge in [-0.2, -0.15) is 0 Å². The van der Waals surface area contributed by atoms with Crippen LogP contribution in [-0.4, -0.2) is 48.9 Å². The molecule has 0 spiro atoms. The van der Waals surface area contributed by atoms with Gasteiger partial charge in [-0.25, -0.2) is 4.99 Å². The number of unbranched alkanes of at least 4 members (excludes halogenated alkanes) is 14. The van der Waals surface area contributed by atoms with Crippen LogP contribution >= 0.6 is 0 Å². The van der Waals surface area contributed by atoms with Gasteiger partial charge in [0.05, 0.1) is 19.6 Å². The van der Waals surface area contributed by atoms with Crippen molar-refractivity contribution in [3.8, 4) is 0 Å². The monoisotopic (exact) mass is 422 g/mol. The molecule has 0 aromatic carbocycles. The second-order valence-electron chi connectivity index (χ2n) is 9.39. The lowest BCUT2D eigenvalue weighted by Gasteiger charge is -2.32. The molecule has 0 aromatic rings. The van der Waals surface area contributed by atoms with E-state index in [2.05, 4.69) is 31.1 Å². The van der Waals surface area contributed by atoms with E-state index >= 15 is 0 Å². The maximum Gasteiger partial charge on any atom is 0.220 e. The van der Waals surface area contributed by atoms with E-state index in [9.17, 15) is 4.79 Å². The maximum atomic E-state index is 12.1. The molecule has 1 N–H and O–H groups in total. The average Bonchev–Trinajstić information content (AvgIpc) is 3.11. The molecule has 1 aliphatic rings.